The number of aryl methyl sites for hydroxylation is 1. The Kier molecular flexibility index (Phi) is 5.60. The van der Waals surface area contributed by atoms with Gasteiger partial charge in [0.2, 0.25) is 11.0 Å². The lowest BCUT2D eigenvalue weighted by molar-refractivity contribution is -0.116. The summed E-state index contributed by atoms with van der Waals surface area (Å²) in [7, 11) is 0. The molecule has 116 valence electrons. The average molecular weight is 318 g/mol. The Hall–Kier alpha value is -2.28. The second-order valence-electron chi connectivity index (χ2n) is 4.68. The maximum atomic E-state index is 12.1. The van der Waals surface area contributed by atoms with E-state index in [0.717, 1.165) is 17.8 Å². The number of nitrogens with one attached hydrogen (secondary N) is 2. The van der Waals surface area contributed by atoms with E-state index in [0.29, 0.717) is 22.8 Å². The molecule has 0 spiro atoms. The van der Waals surface area contributed by atoms with Gasteiger partial charge in [-0.2, -0.15) is 0 Å². The van der Waals surface area contributed by atoms with Crippen molar-refractivity contribution in [2.45, 2.75) is 33.1 Å². The van der Waals surface area contributed by atoms with Gasteiger partial charge < -0.3 is 5.32 Å². The van der Waals surface area contributed by atoms with Crippen LogP contribution < -0.4 is 10.6 Å². The van der Waals surface area contributed by atoms with Crippen LogP contribution in [0.25, 0.3) is 0 Å². The van der Waals surface area contributed by atoms with Crippen molar-refractivity contribution in [3.05, 3.63) is 34.8 Å². The van der Waals surface area contributed by atoms with E-state index in [2.05, 4.69) is 20.8 Å². The van der Waals surface area contributed by atoms with Crippen molar-refractivity contribution >= 4 is 34.0 Å². The molecule has 0 aliphatic heterocycles. The maximum absolute atomic E-state index is 12.1. The highest BCUT2D eigenvalue weighted by molar-refractivity contribution is 7.15. The third-order valence-corrected chi connectivity index (χ3v) is 3.88. The van der Waals surface area contributed by atoms with Crippen LogP contribution in [0.3, 0.4) is 0 Å². The molecule has 2 amide bonds. The summed E-state index contributed by atoms with van der Waals surface area (Å²) in [5, 5.41) is 14.7. The highest BCUT2D eigenvalue weighted by Crippen LogP contribution is 2.17. The van der Waals surface area contributed by atoms with Crippen LogP contribution in [0.1, 0.15) is 42.1 Å². The molecule has 1 aromatic heterocycles. The van der Waals surface area contributed by atoms with Crippen molar-refractivity contribution in [1.82, 2.24) is 10.2 Å². The molecule has 2 N–H and O–H groups in total. The number of amides is 2. The van der Waals surface area contributed by atoms with Crippen LogP contribution in [-0.4, -0.2) is 22.0 Å². The minimum atomic E-state index is -0.245. The quantitative estimate of drug-likeness (QED) is 0.857. The molecule has 22 heavy (non-hydrogen) atoms. The van der Waals surface area contributed by atoms with E-state index in [9.17, 15) is 9.59 Å². The van der Waals surface area contributed by atoms with E-state index in [1.807, 2.05) is 13.8 Å². The number of rotatable bonds is 6. The van der Waals surface area contributed by atoms with Crippen molar-refractivity contribution in [1.29, 1.82) is 0 Å². The Bertz CT molecular complexity index is 652. The van der Waals surface area contributed by atoms with Gasteiger partial charge in [0.05, 0.1) is 0 Å². The first kappa shape index (κ1) is 16.1. The fourth-order valence-corrected chi connectivity index (χ4v) is 2.45. The second-order valence-corrected chi connectivity index (χ2v) is 5.75. The largest absolute Gasteiger partial charge is 0.326 e. The SMILES string of the molecule is CCCC(=O)Nc1ccc(C(=O)Nc2nnc(CC)s2)cc1. The Balaban J connectivity index is 1.97. The maximum Gasteiger partial charge on any atom is 0.257 e. The molecule has 2 rings (SSSR count). The summed E-state index contributed by atoms with van der Waals surface area (Å²) in [5.74, 6) is -0.272. The Morgan fingerprint density at radius 1 is 1.09 bits per heavy atom. The minimum absolute atomic E-state index is 0.0272. The molecule has 0 fully saturated rings. The topological polar surface area (TPSA) is 84.0 Å². The van der Waals surface area contributed by atoms with Gasteiger partial charge in [-0.3, -0.25) is 14.9 Å². The first-order chi connectivity index (χ1) is 10.6. The summed E-state index contributed by atoms with van der Waals surface area (Å²) >= 11 is 1.36. The summed E-state index contributed by atoms with van der Waals surface area (Å²) in [6.07, 6.45) is 2.08. The van der Waals surface area contributed by atoms with Gasteiger partial charge in [-0.25, -0.2) is 0 Å². The predicted octanol–water partition coefficient (Wildman–Crippen LogP) is 3.09. The molecule has 0 unspecified atom stereocenters. The first-order valence-electron chi connectivity index (χ1n) is 7.16. The standard InChI is InChI=1S/C15H18N4O2S/c1-3-5-12(20)16-11-8-6-10(7-9-11)14(21)17-15-19-18-13(4-2)22-15/h6-9H,3-5H2,1-2H3,(H,16,20)(H,17,19,21). The predicted molar refractivity (Wildman–Crippen MR) is 87.2 cm³/mol. The minimum Gasteiger partial charge on any atom is -0.326 e. The van der Waals surface area contributed by atoms with Gasteiger partial charge in [-0.15, -0.1) is 10.2 Å². The Morgan fingerprint density at radius 2 is 1.82 bits per heavy atom. The van der Waals surface area contributed by atoms with Gasteiger partial charge >= 0.3 is 0 Å². The fourth-order valence-electron chi connectivity index (χ4n) is 1.77. The van der Waals surface area contributed by atoms with E-state index < -0.39 is 0 Å². The summed E-state index contributed by atoms with van der Waals surface area (Å²) in [6, 6.07) is 6.75. The van der Waals surface area contributed by atoms with Gasteiger partial charge in [0, 0.05) is 17.7 Å². The lowest BCUT2D eigenvalue weighted by atomic mass is 10.2. The van der Waals surface area contributed by atoms with E-state index in [4.69, 9.17) is 0 Å². The van der Waals surface area contributed by atoms with Crippen molar-refractivity contribution in [3.63, 3.8) is 0 Å². The van der Waals surface area contributed by atoms with Crippen LogP contribution in [0.15, 0.2) is 24.3 Å². The third-order valence-electron chi connectivity index (χ3n) is 2.90. The molecule has 2 aromatic rings. The van der Waals surface area contributed by atoms with Crippen LogP contribution in [0, 0.1) is 0 Å². The zero-order chi connectivity index (χ0) is 15.9. The molecule has 0 aliphatic carbocycles. The number of hydrogen-bond donors (Lipinski definition) is 2. The monoisotopic (exact) mass is 318 g/mol. The van der Waals surface area contributed by atoms with Crippen LogP contribution in [0.2, 0.25) is 0 Å². The van der Waals surface area contributed by atoms with Crippen LogP contribution >= 0.6 is 11.3 Å². The average Bonchev–Trinajstić information content (AvgIpc) is 2.95. The second kappa shape index (κ2) is 7.65. The van der Waals surface area contributed by atoms with E-state index in [1.54, 1.807) is 24.3 Å². The van der Waals surface area contributed by atoms with Crippen molar-refractivity contribution in [2.24, 2.45) is 0 Å². The van der Waals surface area contributed by atoms with Gasteiger partial charge in [-0.1, -0.05) is 25.2 Å². The summed E-state index contributed by atoms with van der Waals surface area (Å²) in [4.78, 5) is 23.6. The zero-order valence-corrected chi connectivity index (χ0v) is 13.4. The number of carbonyl (C=O) groups excluding carboxylic acids is 2. The van der Waals surface area contributed by atoms with E-state index in [1.165, 1.54) is 11.3 Å². The van der Waals surface area contributed by atoms with E-state index >= 15 is 0 Å². The van der Waals surface area contributed by atoms with Gasteiger partial charge in [0.15, 0.2) is 0 Å². The van der Waals surface area contributed by atoms with Crippen LogP contribution in [0.5, 0.6) is 0 Å². The van der Waals surface area contributed by atoms with Crippen molar-refractivity contribution in [3.8, 4) is 0 Å². The van der Waals surface area contributed by atoms with E-state index in [-0.39, 0.29) is 11.8 Å². The summed E-state index contributed by atoms with van der Waals surface area (Å²) in [5.41, 5.74) is 1.18. The molecule has 1 aromatic carbocycles. The molecule has 0 radical (unpaired) electrons. The molecule has 0 bridgehead atoms. The van der Waals surface area contributed by atoms with Crippen LogP contribution in [-0.2, 0) is 11.2 Å². The molecule has 0 saturated carbocycles. The zero-order valence-electron chi connectivity index (χ0n) is 12.5. The lowest BCUT2D eigenvalue weighted by Crippen LogP contribution is -2.13. The smallest absolute Gasteiger partial charge is 0.257 e. The molecule has 6 nitrogen and oxygen atoms in total. The Labute approximate surface area is 133 Å². The number of carbonyl (C=O) groups is 2. The van der Waals surface area contributed by atoms with Crippen LogP contribution in [0.4, 0.5) is 10.8 Å². The summed E-state index contributed by atoms with van der Waals surface area (Å²) in [6.45, 7) is 3.93. The molecule has 0 aliphatic rings. The number of benzene rings is 1. The highest BCUT2D eigenvalue weighted by atomic mass is 32.1. The van der Waals surface area contributed by atoms with Gasteiger partial charge in [-0.05, 0) is 37.1 Å². The third kappa shape index (κ3) is 4.36. The number of hydrogen-bond acceptors (Lipinski definition) is 5. The number of aromatic nitrogens is 2. The fraction of sp³-hybridized carbons (Fsp3) is 0.333. The van der Waals surface area contributed by atoms with Gasteiger partial charge in [0.1, 0.15) is 5.01 Å². The number of nitrogens with zero attached hydrogens (tertiary/aromatic N) is 2. The highest BCUT2D eigenvalue weighted by Gasteiger charge is 2.10. The molecule has 0 saturated heterocycles. The first-order valence-corrected chi connectivity index (χ1v) is 7.97. The number of anilines is 2. The molecular formula is C15H18N4O2S. The van der Waals surface area contributed by atoms with Crippen molar-refractivity contribution < 1.29 is 9.59 Å². The summed E-state index contributed by atoms with van der Waals surface area (Å²) < 4.78 is 0. The molecule has 0 atom stereocenters. The van der Waals surface area contributed by atoms with Crippen molar-refractivity contribution in [2.75, 3.05) is 10.6 Å². The molecule has 7 heteroatoms. The molecule has 1 heterocycles. The Morgan fingerprint density at radius 3 is 2.41 bits per heavy atom. The molecular weight excluding hydrogens is 300 g/mol. The van der Waals surface area contributed by atoms with Gasteiger partial charge in [0.25, 0.3) is 5.91 Å². The normalized spacial score (nSPS) is 10.3. The lowest BCUT2D eigenvalue weighted by Gasteiger charge is -2.05.